The highest BCUT2D eigenvalue weighted by molar-refractivity contribution is 5.08. The van der Waals surface area contributed by atoms with Crippen LogP contribution in [-0.4, -0.2) is 0 Å². The van der Waals surface area contributed by atoms with Gasteiger partial charge in [0.2, 0.25) is 0 Å². The van der Waals surface area contributed by atoms with Crippen LogP contribution in [-0.2, 0) is 0 Å². The van der Waals surface area contributed by atoms with E-state index in [9.17, 15) is 0 Å². The van der Waals surface area contributed by atoms with Gasteiger partial charge in [-0.1, -0.05) is 6.42 Å². The molecule has 0 heteroatoms. The summed E-state index contributed by atoms with van der Waals surface area (Å²) in [5, 5.41) is 0. The van der Waals surface area contributed by atoms with E-state index in [1.54, 1.807) is 0 Å². The van der Waals surface area contributed by atoms with Crippen molar-refractivity contribution in [2.24, 2.45) is 0 Å². The third kappa shape index (κ3) is 1.87. The van der Waals surface area contributed by atoms with Crippen molar-refractivity contribution in [3.8, 4) is 0 Å². The minimum Gasteiger partial charge on any atom is -0.230 e. The lowest BCUT2D eigenvalue weighted by Gasteiger charge is -2.02. The van der Waals surface area contributed by atoms with E-state index in [2.05, 4.69) is 30.7 Å². The van der Waals surface area contributed by atoms with Gasteiger partial charge in [0.25, 0.3) is 0 Å². The van der Waals surface area contributed by atoms with E-state index < -0.39 is 0 Å². The SMILES string of the molecule is C1=C\[CH-]CCC\C=C/1. The number of rotatable bonds is 0. The minimum absolute atomic E-state index is 1.24. The third-order valence-corrected chi connectivity index (χ3v) is 1.24. The van der Waals surface area contributed by atoms with E-state index >= 15 is 0 Å². The fraction of sp³-hybridized carbons (Fsp3) is 0.375. The molecule has 0 saturated heterocycles. The Balaban J connectivity index is 2.33. The maximum atomic E-state index is 2.21. The summed E-state index contributed by atoms with van der Waals surface area (Å²) in [6, 6.07) is 0. The fourth-order valence-corrected chi connectivity index (χ4v) is 0.767. The zero-order valence-electron chi connectivity index (χ0n) is 5.01. The molecule has 0 heterocycles. The van der Waals surface area contributed by atoms with Gasteiger partial charge in [0, 0.05) is 0 Å². The third-order valence-electron chi connectivity index (χ3n) is 1.24. The Morgan fingerprint density at radius 2 is 2.25 bits per heavy atom. The molecular formula is C8H11-. The number of allylic oxidation sites excluding steroid dienone is 4. The monoisotopic (exact) mass is 107 g/mol. The van der Waals surface area contributed by atoms with Crippen LogP contribution in [0.25, 0.3) is 0 Å². The summed E-state index contributed by atoms with van der Waals surface area (Å²) >= 11 is 0. The molecule has 0 aliphatic heterocycles. The van der Waals surface area contributed by atoms with E-state index in [1.165, 1.54) is 19.3 Å². The topological polar surface area (TPSA) is 0 Å². The second kappa shape index (κ2) is 3.36. The summed E-state index contributed by atoms with van der Waals surface area (Å²) in [4.78, 5) is 0. The lowest BCUT2D eigenvalue weighted by molar-refractivity contribution is 0.839. The molecule has 0 N–H and O–H groups in total. The van der Waals surface area contributed by atoms with E-state index in [0.717, 1.165) is 0 Å². The molecular weight excluding hydrogens is 96.1 g/mol. The van der Waals surface area contributed by atoms with Gasteiger partial charge in [0.05, 0.1) is 0 Å². The molecule has 8 heavy (non-hydrogen) atoms. The lowest BCUT2D eigenvalue weighted by atomic mass is 10.1. The van der Waals surface area contributed by atoms with Crippen LogP contribution < -0.4 is 0 Å². The first kappa shape index (κ1) is 5.49. The first-order valence-electron chi connectivity index (χ1n) is 3.15. The Labute approximate surface area is 50.9 Å². The molecule has 44 valence electrons. The van der Waals surface area contributed by atoms with Gasteiger partial charge in [-0.15, -0.1) is 18.6 Å². The van der Waals surface area contributed by atoms with E-state index in [0.29, 0.717) is 0 Å². The molecule has 0 amide bonds. The minimum atomic E-state index is 1.24. The molecule has 0 nitrogen and oxygen atoms in total. The molecule has 1 rings (SSSR count). The van der Waals surface area contributed by atoms with E-state index in [-0.39, 0.29) is 0 Å². The molecule has 1 aliphatic rings. The number of hydrogen-bond acceptors (Lipinski definition) is 0. The Kier molecular flexibility index (Phi) is 2.31. The zero-order valence-corrected chi connectivity index (χ0v) is 5.01. The van der Waals surface area contributed by atoms with Crippen molar-refractivity contribution in [1.82, 2.24) is 0 Å². The summed E-state index contributed by atoms with van der Waals surface area (Å²) in [5.41, 5.74) is 0. The number of hydrogen-bond donors (Lipinski definition) is 0. The van der Waals surface area contributed by atoms with Crippen molar-refractivity contribution in [2.45, 2.75) is 19.3 Å². The van der Waals surface area contributed by atoms with Crippen molar-refractivity contribution in [3.05, 3.63) is 30.7 Å². The summed E-state index contributed by atoms with van der Waals surface area (Å²) < 4.78 is 0. The molecule has 0 spiro atoms. The maximum Gasteiger partial charge on any atom is -0.0374 e. The first-order chi connectivity index (χ1) is 4.00. The second-order valence-corrected chi connectivity index (χ2v) is 1.98. The molecule has 0 aromatic heterocycles. The van der Waals surface area contributed by atoms with Crippen LogP contribution in [0, 0.1) is 6.42 Å². The molecule has 0 bridgehead atoms. The van der Waals surface area contributed by atoms with Gasteiger partial charge in [-0.2, -0.15) is 0 Å². The van der Waals surface area contributed by atoms with Crippen LogP contribution in [0.5, 0.6) is 0 Å². The molecule has 0 aromatic carbocycles. The van der Waals surface area contributed by atoms with Crippen LogP contribution in [0.15, 0.2) is 24.3 Å². The zero-order chi connectivity index (χ0) is 5.66. The normalized spacial score (nSPS) is 27.0. The van der Waals surface area contributed by atoms with Gasteiger partial charge in [-0.3, -0.25) is 0 Å². The van der Waals surface area contributed by atoms with Crippen molar-refractivity contribution in [1.29, 1.82) is 0 Å². The van der Waals surface area contributed by atoms with Gasteiger partial charge in [-0.05, 0) is 6.42 Å². The van der Waals surface area contributed by atoms with Crippen molar-refractivity contribution >= 4 is 0 Å². The molecule has 0 fully saturated rings. The smallest absolute Gasteiger partial charge is 0.0374 e. The average Bonchev–Trinajstić information content (AvgIpc) is 1.62. The maximum absolute atomic E-state index is 2.21. The quantitative estimate of drug-likeness (QED) is 0.417. The van der Waals surface area contributed by atoms with Crippen LogP contribution in [0.1, 0.15) is 19.3 Å². The Morgan fingerprint density at radius 3 is 3.25 bits per heavy atom. The van der Waals surface area contributed by atoms with Crippen LogP contribution in [0.2, 0.25) is 0 Å². The van der Waals surface area contributed by atoms with Crippen LogP contribution in [0.3, 0.4) is 0 Å². The predicted octanol–water partition coefficient (Wildman–Crippen LogP) is 2.49. The summed E-state index contributed by atoms with van der Waals surface area (Å²) in [6.07, 6.45) is 14.5. The van der Waals surface area contributed by atoms with Gasteiger partial charge in [0.1, 0.15) is 0 Å². The standard InChI is InChI=1S/C8H11/c1-2-4-6-8-7-5-3-1/h1-5H,6-8H2/q-1/b2-1-,5-3-. The van der Waals surface area contributed by atoms with E-state index in [4.69, 9.17) is 0 Å². The largest absolute Gasteiger partial charge is 0.230 e. The highest BCUT2D eigenvalue weighted by atomic mass is 13.9. The molecule has 0 atom stereocenters. The molecule has 0 radical (unpaired) electrons. The van der Waals surface area contributed by atoms with Gasteiger partial charge in [0.15, 0.2) is 0 Å². The molecule has 0 unspecified atom stereocenters. The fourth-order valence-electron chi connectivity index (χ4n) is 0.767. The van der Waals surface area contributed by atoms with Crippen molar-refractivity contribution in [3.63, 3.8) is 0 Å². The predicted molar refractivity (Wildman–Crippen MR) is 36.4 cm³/mol. The first-order valence-corrected chi connectivity index (χ1v) is 3.15. The van der Waals surface area contributed by atoms with E-state index in [1.807, 2.05) is 0 Å². The Morgan fingerprint density at radius 1 is 1.25 bits per heavy atom. The van der Waals surface area contributed by atoms with Crippen LogP contribution >= 0.6 is 0 Å². The molecule has 0 saturated carbocycles. The molecule has 0 aromatic rings. The van der Waals surface area contributed by atoms with Gasteiger partial charge < -0.3 is 0 Å². The summed E-state index contributed by atoms with van der Waals surface area (Å²) in [5.74, 6) is 0. The van der Waals surface area contributed by atoms with Gasteiger partial charge >= 0.3 is 0 Å². The summed E-state index contributed by atoms with van der Waals surface area (Å²) in [6.45, 7) is 0. The Bertz CT molecular complexity index is 84.6. The Hall–Kier alpha value is -0.650. The molecule has 1 aliphatic carbocycles. The average molecular weight is 107 g/mol. The highest BCUT2D eigenvalue weighted by Gasteiger charge is 1.77. The lowest BCUT2D eigenvalue weighted by Crippen LogP contribution is -1.75. The highest BCUT2D eigenvalue weighted by Crippen LogP contribution is 2.03. The van der Waals surface area contributed by atoms with Gasteiger partial charge in [-0.25, -0.2) is 18.6 Å². The van der Waals surface area contributed by atoms with Crippen molar-refractivity contribution in [2.75, 3.05) is 0 Å². The van der Waals surface area contributed by atoms with Crippen molar-refractivity contribution < 1.29 is 0 Å². The summed E-state index contributed by atoms with van der Waals surface area (Å²) in [7, 11) is 0. The second-order valence-electron chi connectivity index (χ2n) is 1.98. The van der Waals surface area contributed by atoms with Crippen LogP contribution in [0.4, 0.5) is 0 Å².